The summed E-state index contributed by atoms with van der Waals surface area (Å²) in [6.45, 7) is 1.89. The predicted octanol–water partition coefficient (Wildman–Crippen LogP) is 3.42. The number of aryl methyl sites for hydroxylation is 1. The molecule has 5 rings (SSSR count). The zero-order chi connectivity index (χ0) is 20.0. The highest BCUT2D eigenvalue weighted by atomic mass is 19.1. The average molecular weight is 392 g/mol. The van der Waals surface area contributed by atoms with Crippen LogP contribution in [0.2, 0.25) is 0 Å². The summed E-state index contributed by atoms with van der Waals surface area (Å²) in [5.41, 5.74) is 4.64. The molecule has 1 amide bonds. The van der Waals surface area contributed by atoms with Crippen molar-refractivity contribution in [3.05, 3.63) is 59.8 Å². The van der Waals surface area contributed by atoms with Gasteiger partial charge in [0.1, 0.15) is 11.5 Å². The van der Waals surface area contributed by atoms with E-state index in [1.165, 1.54) is 12.1 Å². The maximum Gasteiger partial charge on any atom is 0.257 e. The van der Waals surface area contributed by atoms with Gasteiger partial charge in [0.25, 0.3) is 5.91 Å². The number of hydrogen-bond donors (Lipinski definition) is 0. The zero-order valence-corrected chi connectivity index (χ0v) is 16.1. The van der Waals surface area contributed by atoms with Gasteiger partial charge in [-0.1, -0.05) is 0 Å². The molecule has 1 saturated heterocycles. The van der Waals surface area contributed by atoms with Crippen molar-refractivity contribution in [2.45, 2.75) is 25.4 Å². The van der Waals surface area contributed by atoms with Gasteiger partial charge in [0, 0.05) is 55.4 Å². The van der Waals surface area contributed by atoms with Crippen LogP contribution in [0.5, 0.6) is 0 Å². The van der Waals surface area contributed by atoms with Crippen LogP contribution >= 0.6 is 0 Å². The third kappa shape index (κ3) is 3.11. The van der Waals surface area contributed by atoms with E-state index < -0.39 is 0 Å². The first kappa shape index (κ1) is 18.0. The summed E-state index contributed by atoms with van der Waals surface area (Å²) >= 11 is 0. The van der Waals surface area contributed by atoms with Crippen molar-refractivity contribution in [1.82, 2.24) is 19.7 Å². The Morgan fingerprint density at radius 3 is 2.62 bits per heavy atom. The number of hydrogen-bond acceptors (Lipinski definition) is 4. The first-order valence-electron chi connectivity index (χ1n) is 9.78. The third-order valence-electron chi connectivity index (χ3n) is 5.69. The molecule has 2 aliphatic rings. The number of halogens is 1. The Morgan fingerprint density at radius 2 is 1.86 bits per heavy atom. The molecule has 0 radical (unpaired) electrons. The summed E-state index contributed by atoms with van der Waals surface area (Å²) in [4.78, 5) is 19.8. The maximum absolute atomic E-state index is 13.4. The summed E-state index contributed by atoms with van der Waals surface area (Å²) in [5.74, 6) is -0.276. The zero-order valence-electron chi connectivity index (χ0n) is 16.1. The van der Waals surface area contributed by atoms with E-state index in [-0.39, 0.29) is 17.8 Å². The normalized spacial score (nSPS) is 17.0. The number of nitrogens with zero attached hydrogens (tertiary/aromatic N) is 4. The molecule has 2 aliphatic heterocycles. The smallest absolute Gasteiger partial charge is 0.257 e. The standard InChI is InChI=1S/C22H21FN4O2/c1-26-12-18(21(25-26)14-2-4-15(23)5-3-14)17-6-9-24-19-13-27(22(28)20(17)19)16-7-10-29-11-8-16/h2-6,9,12,16H,7-8,10-11,13H2,1H3. The number of carbonyl (C=O) groups excluding carboxylic acids is 1. The molecule has 148 valence electrons. The lowest BCUT2D eigenvalue weighted by atomic mass is 9.97. The van der Waals surface area contributed by atoms with E-state index in [0.29, 0.717) is 25.3 Å². The summed E-state index contributed by atoms with van der Waals surface area (Å²) < 4.78 is 20.6. The lowest BCUT2D eigenvalue weighted by Crippen LogP contribution is -2.39. The Balaban J connectivity index is 1.58. The van der Waals surface area contributed by atoms with Gasteiger partial charge in [0.15, 0.2) is 0 Å². The van der Waals surface area contributed by atoms with Gasteiger partial charge in [0.05, 0.1) is 17.8 Å². The minimum Gasteiger partial charge on any atom is -0.381 e. The Morgan fingerprint density at radius 1 is 1.10 bits per heavy atom. The first-order chi connectivity index (χ1) is 14.1. The second-order valence-electron chi connectivity index (χ2n) is 7.53. The van der Waals surface area contributed by atoms with E-state index >= 15 is 0 Å². The van der Waals surface area contributed by atoms with E-state index in [0.717, 1.165) is 40.9 Å². The van der Waals surface area contributed by atoms with Gasteiger partial charge in [0.2, 0.25) is 0 Å². The van der Waals surface area contributed by atoms with Crippen LogP contribution in [0.1, 0.15) is 28.9 Å². The topological polar surface area (TPSA) is 60.2 Å². The molecule has 0 unspecified atom stereocenters. The third-order valence-corrected chi connectivity index (χ3v) is 5.69. The molecule has 6 nitrogen and oxygen atoms in total. The van der Waals surface area contributed by atoms with Gasteiger partial charge in [-0.25, -0.2) is 4.39 Å². The lowest BCUT2D eigenvalue weighted by Gasteiger charge is -2.30. The molecule has 0 atom stereocenters. The molecule has 0 bridgehead atoms. The molecule has 1 aromatic carbocycles. The molecule has 29 heavy (non-hydrogen) atoms. The first-order valence-corrected chi connectivity index (χ1v) is 9.78. The van der Waals surface area contributed by atoms with Crippen LogP contribution in [-0.2, 0) is 18.3 Å². The van der Waals surface area contributed by atoms with Crippen molar-refractivity contribution in [3.8, 4) is 22.4 Å². The van der Waals surface area contributed by atoms with Crippen molar-refractivity contribution in [2.75, 3.05) is 13.2 Å². The number of carbonyl (C=O) groups is 1. The summed E-state index contributed by atoms with van der Waals surface area (Å²) in [7, 11) is 1.84. The van der Waals surface area contributed by atoms with Crippen LogP contribution in [0.15, 0.2) is 42.7 Å². The fourth-order valence-electron chi connectivity index (χ4n) is 4.26. The average Bonchev–Trinajstić information content (AvgIpc) is 3.29. The minimum absolute atomic E-state index is 0.0175. The summed E-state index contributed by atoms with van der Waals surface area (Å²) in [6, 6.07) is 8.31. The maximum atomic E-state index is 13.4. The van der Waals surface area contributed by atoms with Crippen LogP contribution in [0.25, 0.3) is 22.4 Å². The van der Waals surface area contributed by atoms with Crippen molar-refractivity contribution in [2.24, 2.45) is 7.05 Å². The van der Waals surface area contributed by atoms with Crippen molar-refractivity contribution in [1.29, 1.82) is 0 Å². The highest BCUT2D eigenvalue weighted by molar-refractivity contribution is 6.05. The Hall–Kier alpha value is -3.06. The van der Waals surface area contributed by atoms with E-state index in [9.17, 15) is 9.18 Å². The van der Waals surface area contributed by atoms with Crippen molar-refractivity contribution < 1.29 is 13.9 Å². The van der Waals surface area contributed by atoms with Crippen LogP contribution in [-0.4, -0.2) is 44.8 Å². The molecule has 4 heterocycles. The van der Waals surface area contributed by atoms with Crippen LogP contribution in [0, 0.1) is 5.82 Å². The largest absolute Gasteiger partial charge is 0.381 e. The number of ether oxygens (including phenoxy) is 1. The van der Waals surface area contributed by atoms with E-state index in [2.05, 4.69) is 10.1 Å². The fourth-order valence-corrected chi connectivity index (χ4v) is 4.26. The van der Waals surface area contributed by atoms with Gasteiger partial charge in [-0.15, -0.1) is 0 Å². The second kappa shape index (κ2) is 7.08. The molecule has 7 heteroatoms. The van der Waals surface area contributed by atoms with Crippen molar-refractivity contribution in [3.63, 3.8) is 0 Å². The second-order valence-corrected chi connectivity index (χ2v) is 7.53. The summed E-state index contributed by atoms with van der Waals surface area (Å²) in [6.07, 6.45) is 5.35. The number of benzene rings is 1. The van der Waals surface area contributed by atoms with Crippen molar-refractivity contribution >= 4 is 5.91 Å². The molecule has 0 spiro atoms. The molecular formula is C22H21FN4O2. The molecule has 3 aromatic rings. The number of fused-ring (bicyclic) bond motifs is 1. The molecular weight excluding hydrogens is 371 g/mol. The lowest BCUT2D eigenvalue weighted by molar-refractivity contribution is 0.0302. The SMILES string of the molecule is Cn1cc(-c2ccnc3c2C(=O)N(C2CCOCC2)C3)c(-c2ccc(F)cc2)n1. The number of pyridine rings is 1. The van der Waals surface area contributed by atoms with E-state index in [4.69, 9.17) is 4.74 Å². The summed E-state index contributed by atoms with van der Waals surface area (Å²) in [5, 5.41) is 4.58. The van der Waals surface area contributed by atoms with Crippen LogP contribution < -0.4 is 0 Å². The highest BCUT2D eigenvalue weighted by Crippen LogP contribution is 2.38. The van der Waals surface area contributed by atoms with Crippen LogP contribution in [0.3, 0.4) is 0 Å². The quantitative estimate of drug-likeness (QED) is 0.685. The number of aromatic nitrogens is 3. The molecule has 0 saturated carbocycles. The van der Waals surface area contributed by atoms with E-state index in [1.54, 1.807) is 23.0 Å². The van der Waals surface area contributed by atoms with Gasteiger partial charge in [-0.05, 0) is 43.2 Å². The predicted molar refractivity (Wildman–Crippen MR) is 106 cm³/mol. The highest BCUT2D eigenvalue weighted by Gasteiger charge is 2.37. The van der Waals surface area contributed by atoms with Gasteiger partial charge >= 0.3 is 0 Å². The van der Waals surface area contributed by atoms with Gasteiger partial charge in [-0.2, -0.15) is 5.10 Å². The van der Waals surface area contributed by atoms with Crippen LogP contribution in [0.4, 0.5) is 4.39 Å². The fraction of sp³-hybridized carbons (Fsp3) is 0.318. The number of rotatable bonds is 3. The molecule has 2 aromatic heterocycles. The molecule has 0 aliphatic carbocycles. The van der Waals surface area contributed by atoms with E-state index in [1.807, 2.05) is 24.2 Å². The monoisotopic (exact) mass is 392 g/mol. The van der Waals surface area contributed by atoms with Gasteiger partial charge < -0.3 is 9.64 Å². The molecule has 0 N–H and O–H groups in total. The molecule has 1 fully saturated rings. The Bertz CT molecular complexity index is 1070. The number of amides is 1. The Labute approximate surface area is 167 Å². The minimum atomic E-state index is -0.293. The Kier molecular flexibility index (Phi) is 4.39. The van der Waals surface area contributed by atoms with Gasteiger partial charge in [-0.3, -0.25) is 14.5 Å².